The van der Waals surface area contributed by atoms with Crippen LogP contribution < -0.4 is 16.1 Å². The Hall–Kier alpha value is -4.57. The molecular weight excluding hydrogens is 582 g/mol. The average Bonchev–Trinajstić information content (AvgIpc) is 3.06. The summed E-state index contributed by atoms with van der Waals surface area (Å²) in [6, 6.07) is 11.6. The number of nitrogens with one attached hydrogen (secondary N) is 3. The van der Waals surface area contributed by atoms with Gasteiger partial charge in [-0.25, -0.2) is 5.43 Å². The highest BCUT2D eigenvalue weighted by Gasteiger charge is 2.33. The summed E-state index contributed by atoms with van der Waals surface area (Å²) in [6.45, 7) is 9.71. The van der Waals surface area contributed by atoms with E-state index in [1.165, 1.54) is 21.5 Å². The number of carboxylic acids is 1. The Morgan fingerprint density at radius 2 is 1.85 bits per heavy atom. The fourth-order valence-corrected chi connectivity index (χ4v) is 5.51. The number of hydrazine groups is 1. The largest absolute Gasteiger partial charge is 0.480 e. The first kappa shape index (κ1) is 34.3. The van der Waals surface area contributed by atoms with E-state index in [1.54, 1.807) is 39.2 Å². The van der Waals surface area contributed by atoms with Gasteiger partial charge in [-0.1, -0.05) is 56.3 Å². The maximum absolute atomic E-state index is 13.7. The first-order valence-electron chi connectivity index (χ1n) is 16.0. The number of carbonyl (C=O) groups excluding carboxylic acids is 3. The number of benzene rings is 2. The molecule has 4 N–H and O–H groups in total. The number of aromatic nitrogens is 1. The molecule has 0 bridgehead atoms. The number of amides is 3. The third kappa shape index (κ3) is 8.57. The molecule has 4 rings (SSSR count). The number of hydrogen-bond donors (Lipinski definition) is 4. The summed E-state index contributed by atoms with van der Waals surface area (Å²) in [4.78, 5) is 56.0. The molecule has 1 fully saturated rings. The summed E-state index contributed by atoms with van der Waals surface area (Å²) < 4.78 is 0. The maximum Gasteiger partial charge on any atom is 0.322 e. The lowest BCUT2D eigenvalue weighted by molar-refractivity contribution is -0.148. The van der Waals surface area contributed by atoms with E-state index in [-0.39, 0.29) is 12.3 Å². The molecule has 0 radical (unpaired) electrons. The molecule has 3 atom stereocenters. The fraction of sp³-hybridized carbons (Fsp3) is 0.417. The lowest BCUT2D eigenvalue weighted by Crippen LogP contribution is -2.60. The number of fused-ring (bicyclic) bond motifs is 1. The minimum atomic E-state index is -1.04. The van der Waals surface area contributed by atoms with Gasteiger partial charge in [0, 0.05) is 25.4 Å². The molecule has 10 heteroatoms. The smallest absolute Gasteiger partial charge is 0.322 e. The molecule has 0 aliphatic carbocycles. The van der Waals surface area contributed by atoms with E-state index < -0.39 is 41.3 Å². The summed E-state index contributed by atoms with van der Waals surface area (Å²) in [6.07, 6.45) is 9.98. The van der Waals surface area contributed by atoms with Gasteiger partial charge in [0.1, 0.15) is 18.1 Å². The van der Waals surface area contributed by atoms with Crippen molar-refractivity contribution in [2.24, 2.45) is 5.41 Å². The molecule has 0 saturated carbocycles. The predicted molar refractivity (Wildman–Crippen MR) is 179 cm³/mol. The molecule has 1 aromatic heterocycles. The Morgan fingerprint density at radius 3 is 2.52 bits per heavy atom. The van der Waals surface area contributed by atoms with Crippen LogP contribution in [0.4, 0.5) is 0 Å². The molecule has 3 aromatic rings. The second kappa shape index (κ2) is 15.1. The Morgan fingerprint density at radius 1 is 1.07 bits per heavy atom. The third-order valence-electron chi connectivity index (χ3n) is 8.48. The summed E-state index contributed by atoms with van der Waals surface area (Å²) in [5.41, 5.74) is 5.98. The average molecular weight is 628 g/mol. The van der Waals surface area contributed by atoms with Crippen molar-refractivity contribution in [1.29, 1.82) is 0 Å². The van der Waals surface area contributed by atoms with E-state index in [0.717, 1.165) is 29.4 Å². The van der Waals surface area contributed by atoms with E-state index in [4.69, 9.17) is 0 Å². The molecule has 0 spiro atoms. The number of hydrogen-bond acceptors (Lipinski definition) is 6. The summed E-state index contributed by atoms with van der Waals surface area (Å²) in [7, 11) is 0. The Bertz CT molecular complexity index is 1600. The third-order valence-corrected chi connectivity index (χ3v) is 8.48. The van der Waals surface area contributed by atoms with Crippen LogP contribution in [0.5, 0.6) is 0 Å². The molecule has 1 aliphatic rings. The van der Waals surface area contributed by atoms with Crippen molar-refractivity contribution < 1.29 is 24.3 Å². The highest BCUT2D eigenvalue weighted by atomic mass is 16.4. The zero-order valence-corrected chi connectivity index (χ0v) is 27.3. The second-order valence-electron chi connectivity index (χ2n) is 12.5. The molecule has 1 saturated heterocycles. The van der Waals surface area contributed by atoms with Crippen molar-refractivity contribution in [1.82, 2.24) is 26.1 Å². The van der Waals surface area contributed by atoms with Crippen molar-refractivity contribution in [3.05, 3.63) is 83.2 Å². The summed E-state index contributed by atoms with van der Waals surface area (Å²) in [5.74, 6) is -2.37. The quantitative estimate of drug-likeness (QED) is 0.236. The molecule has 1 aliphatic heterocycles. The van der Waals surface area contributed by atoms with Crippen molar-refractivity contribution in [3.63, 3.8) is 0 Å². The molecule has 244 valence electrons. The standard InChI is InChI=1S/C36H45N5O5/c1-6-24-12-13-27-20-26(7-2)28(21-29(27)18-24)14-15-36(4,5)35(46)39-31(19-25-10-8-16-37-22-25)32(42)38-23(3)33(43)41-17-9-11-30(40-41)34(44)45/h8,10,12-16,18,20-23,30-31,40H,6-7,9,11,17,19H2,1-5H3,(H,38,42)(H,39,46)(H,44,45). The zero-order valence-electron chi connectivity index (χ0n) is 27.3. The van der Waals surface area contributed by atoms with Crippen molar-refractivity contribution in [3.8, 4) is 0 Å². The van der Waals surface area contributed by atoms with Crippen LogP contribution in [0.2, 0.25) is 0 Å². The van der Waals surface area contributed by atoms with Crippen LogP contribution >= 0.6 is 0 Å². The Labute approximate surface area is 270 Å². The lowest BCUT2D eigenvalue weighted by Gasteiger charge is -2.34. The SMILES string of the molecule is CCc1ccc2cc(CC)c(C=CC(C)(C)C(=O)NC(Cc3cccnc3)C(=O)NC(C)C(=O)N3CCCC(C(=O)O)N3)cc2c1. The molecule has 10 nitrogen and oxygen atoms in total. The monoisotopic (exact) mass is 627 g/mol. The zero-order chi connectivity index (χ0) is 33.4. The Kier molecular flexibility index (Phi) is 11.3. The maximum atomic E-state index is 13.7. The van der Waals surface area contributed by atoms with Gasteiger partial charge in [0.15, 0.2) is 0 Å². The fourth-order valence-electron chi connectivity index (χ4n) is 5.51. The van der Waals surface area contributed by atoms with E-state index in [2.05, 4.69) is 65.2 Å². The number of pyridine rings is 1. The summed E-state index contributed by atoms with van der Waals surface area (Å²) in [5, 5.41) is 18.6. The van der Waals surface area contributed by atoms with Crippen molar-refractivity contribution in [2.75, 3.05) is 6.54 Å². The minimum Gasteiger partial charge on any atom is -0.480 e. The molecule has 3 amide bonds. The normalized spacial score (nSPS) is 16.6. The van der Waals surface area contributed by atoms with Crippen LogP contribution in [-0.4, -0.2) is 63.5 Å². The van der Waals surface area contributed by atoms with E-state index in [1.807, 2.05) is 18.2 Å². The van der Waals surface area contributed by atoms with Gasteiger partial charge in [0.2, 0.25) is 11.8 Å². The van der Waals surface area contributed by atoms with Gasteiger partial charge in [-0.15, -0.1) is 0 Å². The number of rotatable bonds is 12. The highest BCUT2D eigenvalue weighted by Crippen LogP contribution is 2.26. The lowest BCUT2D eigenvalue weighted by atomic mass is 9.89. The molecule has 3 unspecified atom stereocenters. The van der Waals surface area contributed by atoms with Crippen LogP contribution in [0.1, 0.15) is 69.7 Å². The molecule has 2 heterocycles. The van der Waals surface area contributed by atoms with Gasteiger partial charge in [-0.3, -0.25) is 29.2 Å². The van der Waals surface area contributed by atoms with E-state index in [0.29, 0.717) is 19.4 Å². The van der Waals surface area contributed by atoms with Gasteiger partial charge in [0.25, 0.3) is 5.91 Å². The molecule has 2 aromatic carbocycles. The number of carboxylic acid groups (broad SMARTS) is 1. The van der Waals surface area contributed by atoms with Gasteiger partial charge < -0.3 is 15.7 Å². The highest BCUT2D eigenvalue weighted by molar-refractivity contribution is 5.94. The predicted octanol–water partition coefficient (Wildman–Crippen LogP) is 4.21. The van der Waals surface area contributed by atoms with Gasteiger partial charge >= 0.3 is 5.97 Å². The van der Waals surface area contributed by atoms with Crippen molar-refractivity contribution >= 4 is 40.5 Å². The van der Waals surface area contributed by atoms with E-state index in [9.17, 15) is 24.3 Å². The van der Waals surface area contributed by atoms with Crippen molar-refractivity contribution in [2.45, 2.75) is 84.8 Å². The molecule has 46 heavy (non-hydrogen) atoms. The van der Waals surface area contributed by atoms with Gasteiger partial charge in [-0.05, 0) is 91.6 Å². The van der Waals surface area contributed by atoms with Crippen LogP contribution in [0, 0.1) is 5.41 Å². The molecular formula is C36H45N5O5. The second-order valence-corrected chi connectivity index (χ2v) is 12.5. The van der Waals surface area contributed by atoms with Crippen LogP contribution in [0.15, 0.2) is 60.9 Å². The summed E-state index contributed by atoms with van der Waals surface area (Å²) >= 11 is 0. The first-order chi connectivity index (χ1) is 21.9. The number of aliphatic carboxylic acids is 1. The number of aryl methyl sites for hydroxylation is 2. The Balaban J connectivity index is 1.51. The van der Waals surface area contributed by atoms with Crippen LogP contribution in [0.25, 0.3) is 16.8 Å². The number of carbonyl (C=O) groups is 4. The van der Waals surface area contributed by atoms with Crippen LogP contribution in [-0.2, 0) is 38.4 Å². The van der Waals surface area contributed by atoms with Gasteiger partial charge in [0.05, 0.1) is 5.41 Å². The van der Waals surface area contributed by atoms with Gasteiger partial charge in [-0.2, -0.15) is 0 Å². The van der Waals surface area contributed by atoms with E-state index >= 15 is 0 Å². The topological polar surface area (TPSA) is 141 Å². The minimum absolute atomic E-state index is 0.166. The van der Waals surface area contributed by atoms with Crippen LogP contribution in [0.3, 0.4) is 0 Å². The first-order valence-corrected chi connectivity index (χ1v) is 16.0. The number of nitrogens with zero attached hydrogens (tertiary/aromatic N) is 2.